The Hall–Kier alpha value is -2.30. The molecule has 5 nitrogen and oxygen atoms in total. The monoisotopic (exact) mass is 245 g/mol. The van der Waals surface area contributed by atoms with Crippen molar-refractivity contribution in [1.82, 2.24) is 9.55 Å². The number of phenolic OH excluding ortho intramolecular Hbond substituents is 1. The average molecular weight is 245 g/mol. The Labute approximate surface area is 105 Å². The Morgan fingerprint density at radius 3 is 2.89 bits per heavy atom. The van der Waals surface area contributed by atoms with E-state index in [9.17, 15) is 9.90 Å². The summed E-state index contributed by atoms with van der Waals surface area (Å²) in [6.45, 7) is 4.30. The number of phenols is 1. The van der Waals surface area contributed by atoms with Gasteiger partial charge >= 0.3 is 6.03 Å². The van der Waals surface area contributed by atoms with Gasteiger partial charge in [-0.2, -0.15) is 0 Å². The Balaban J connectivity index is 2.39. The lowest BCUT2D eigenvalue weighted by Gasteiger charge is -2.23. The molecule has 1 aromatic carbocycles. The molecule has 18 heavy (non-hydrogen) atoms. The maximum absolute atomic E-state index is 12.3. The number of carbonyl (C=O) groups is 1. The van der Waals surface area contributed by atoms with Crippen molar-refractivity contribution in [2.45, 2.75) is 13.8 Å². The van der Waals surface area contributed by atoms with E-state index in [0.29, 0.717) is 12.2 Å². The first kappa shape index (κ1) is 12.2. The van der Waals surface area contributed by atoms with Crippen LogP contribution in [0.5, 0.6) is 5.75 Å². The van der Waals surface area contributed by atoms with Gasteiger partial charge in [-0.1, -0.05) is 6.07 Å². The van der Waals surface area contributed by atoms with Gasteiger partial charge in [-0.25, -0.2) is 9.78 Å². The molecule has 0 atom stereocenters. The van der Waals surface area contributed by atoms with Crippen LogP contribution in [0.3, 0.4) is 0 Å². The lowest BCUT2D eigenvalue weighted by atomic mass is 10.1. The first-order valence-electron chi connectivity index (χ1n) is 5.73. The van der Waals surface area contributed by atoms with Gasteiger partial charge in [-0.05, 0) is 25.5 Å². The lowest BCUT2D eigenvalue weighted by molar-refractivity contribution is 0.248. The largest absolute Gasteiger partial charge is 0.508 e. The predicted octanol–water partition coefficient (Wildman–Crippen LogP) is 2.39. The van der Waals surface area contributed by atoms with E-state index < -0.39 is 0 Å². The maximum Gasteiger partial charge on any atom is 0.333 e. The lowest BCUT2D eigenvalue weighted by Crippen LogP contribution is -2.34. The van der Waals surface area contributed by atoms with E-state index in [1.54, 1.807) is 35.5 Å². The van der Waals surface area contributed by atoms with Gasteiger partial charge in [0.05, 0.1) is 5.69 Å². The van der Waals surface area contributed by atoms with Crippen LogP contribution in [0.25, 0.3) is 0 Å². The third kappa shape index (κ3) is 2.20. The minimum atomic E-state index is -0.191. The summed E-state index contributed by atoms with van der Waals surface area (Å²) in [6.07, 6.45) is 4.62. The normalized spacial score (nSPS) is 10.3. The van der Waals surface area contributed by atoms with Crippen molar-refractivity contribution in [2.75, 3.05) is 11.4 Å². The van der Waals surface area contributed by atoms with Crippen molar-refractivity contribution in [3.8, 4) is 5.75 Å². The highest BCUT2D eigenvalue weighted by molar-refractivity contribution is 5.94. The highest BCUT2D eigenvalue weighted by Crippen LogP contribution is 2.25. The van der Waals surface area contributed by atoms with Gasteiger partial charge in [-0.3, -0.25) is 9.47 Å². The molecule has 0 radical (unpaired) electrons. The fourth-order valence-corrected chi connectivity index (χ4v) is 1.81. The van der Waals surface area contributed by atoms with Crippen LogP contribution < -0.4 is 4.90 Å². The molecular formula is C13H15N3O2. The Kier molecular flexibility index (Phi) is 3.32. The first-order valence-corrected chi connectivity index (χ1v) is 5.73. The second kappa shape index (κ2) is 4.91. The van der Waals surface area contributed by atoms with Crippen molar-refractivity contribution < 1.29 is 9.90 Å². The molecule has 2 aromatic rings. The molecule has 0 aliphatic heterocycles. The van der Waals surface area contributed by atoms with Crippen LogP contribution in [-0.4, -0.2) is 27.2 Å². The zero-order valence-electron chi connectivity index (χ0n) is 10.4. The third-order valence-corrected chi connectivity index (χ3v) is 2.76. The zero-order chi connectivity index (χ0) is 13.1. The van der Waals surface area contributed by atoms with Crippen LogP contribution in [0.1, 0.15) is 12.5 Å². The van der Waals surface area contributed by atoms with Crippen LogP contribution in [0.2, 0.25) is 0 Å². The van der Waals surface area contributed by atoms with Crippen LogP contribution in [0, 0.1) is 6.92 Å². The number of carbonyl (C=O) groups excluding carboxylic acids is 1. The molecule has 0 aliphatic rings. The number of amides is 1. The van der Waals surface area contributed by atoms with Crippen molar-refractivity contribution >= 4 is 11.7 Å². The molecule has 94 valence electrons. The number of hydrogen-bond donors (Lipinski definition) is 1. The van der Waals surface area contributed by atoms with Crippen LogP contribution in [0.15, 0.2) is 36.9 Å². The minimum Gasteiger partial charge on any atom is -0.508 e. The van der Waals surface area contributed by atoms with E-state index in [0.717, 1.165) is 5.56 Å². The van der Waals surface area contributed by atoms with Gasteiger partial charge in [0.25, 0.3) is 0 Å². The topological polar surface area (TPSA) is 58.4 Å². The van der Waals surface area contributed by atoms with Crippen LogP contribution in [0.4, 0.5) is 10.5 Å². The fourth-order valence-electron chi connectivity index (χ4n) is 1.81. The van der Waals surface area contributed by atoms with E-state index in [1.807, 2.05) is 13.8 Å². The smallest absolute Gasteiger partial charge is 0.333 e. The summed E-state index contributed by atoms with van der Waals surface area (Å²) in [6, 6.07) is 4.79. The molecule has 0 saturated heterocycles. The van der Waals surface area contributed by atoms with Crippen molar-refractivity contribution in [3.63, 3.8) is 0 Å². The number of hydrogen-bond acceptors (Lipinski definition) is 3. The van der Waals surface area contributed by atoms with Crippen molar-refractivity contribution in [1.29, 1.82) is 0 Å². The molecule has 0 bridgehead atoms. The van der Waals surface area contributed by atoms with E-state index in [4.69, 9.17) is 0 Å². The molecular weight excluding hydrogens is 230 g/mol. The fraction of sp³-hybridized carbons (Fsp3) is 0.231. The highest BCUT2D eigenvalue weighted by Gasteiger charge is 2.17. The second-order valence-electron chi connectivity index (χ2n) is 3.97. The number of aromatic nitrogens is 2. The average Bonchev–Trinajstić information content (AvgIpc) is 2.88. The summed E-state index contributed by atoms with van der Waals surface area (Å²) < 4.78 is 1.41. The molecule has 5 heteroatoms. The molecule has 1 amide bonds. The molecule has 0 unspecified atom stereocenters. The van der Waals surface area contributed by atoms with Crippen LogP contribution >= 0.6 is 0 Å². The number of benzene rings is 1. The summed E-state index contributed by atoms with van der Waals surface area (Å²) in [4.78, 5) is 17.7. The molecule has 2 rings (SSSR count). The number of anilines is 1. The molecule has 1 heterocycles. The minimum absolute atomic E-state index is 0.146. The number of aryl methyl sites for hydroxylation is 1. The van der Waals surface area contributed by atoms with Crippen LogP contribution in [-0.2, 0) is 0 Å². The van der Waals surface area contributed by atoms with E-state index in [2.05, 4.69) is 4.98 Å². The molecule has 0 fully saturated rings. The van der Waals surface area contributed by atoms with Gasteiger partial charge in [0.1, 0.15) is 12.1 Å². The second-order valence-corrected chi connectivity index (χ2v) is 3.97. The van der Waals surface area contributed by atoms with E-state index in [-0.39, 0.29) is 11.8 Å². The van der Waals surface area contributed by atoms with Crippen molar-refractivity contribution in [3.05, 3.63) is 42.5 Å². The number of nitrogens with zero attached hydrogens (tertiary/aromatic N) is 3. The maximum atomic E-state index is 12.3. The zero-order valence-corrected chi connectivity index (χ0v) is 10.4. The highest BCUT2D eigenvalue weighted by atomic mass is 16.3. The van der Waals surface area contributed by atoms with Gasteiger partial charge < -0.3 is 5.11 Å². The summed E-state index contributed by atoms with van der Waals surface area (Å²) >= 11 is 0. The van der Waals surface area contributed by atoms with Gasteiger partial charge in [-0.15, -0.1) is 0 Å². The van der Waals surface area contributed by atoms with E-state index >= 15 is 0 Å². The summed E-state index contributed by atoms with van der Waals surface area (Å²) in [5.74, 6) is 0.146. The quantitative estimate of drug-likeness (QED) is 0.883. The molecule has 1 aromatic heterocycles. The third-order valence-electron chi connectivity index (χ3n) is 2.76. The number of aromatic hydroxyl groups is 1. The first-order chi connectivity index (χ1) is 8.63. The Morgan fingerprint density at radius 1 is 1.50 bits per heavy atom. The predicted molar refractivity (Wildman–Crippen MR) is 68.9 cm³/mol. The molecule has 1 N–H and O–H groups in total. The number of imidazole rings is 1. The standard InChI is InChI=1S/C13H15N3O2/c1-3-16(13(18)15-7-6-14-9-15)12-8-11(17)5-4-10(12)2/h4-9,17H,3H2,1-2H3. The Morgan fingerprint density at radius 2 is 2.28 bits per heavy atom. The summed E-state index contributed by atoms with van der Waals surface area (Å²) in [5, 5.41) is 9.54. The number of rotatable bonds is 2. The van der Waals surface area contributed by atoms with E-state index in [1.165, 1.54) is 10.9 Å². The molecule has 0 saturated carbocycles. The van der Waals surface area contributed by atoms with Gasteiger partial charge in [0.2, 0.25) is 0 Å². The molecule has 0 spiro atoms. The van der Waals surface area contributed by atoms with Gasteiger partial charge in [0, 0.05) is 25.0 Å². The van der Waals surface area contributed by atoms with Crippen molar-refractivity contribution in [2.24, 2.45) is 0 Å². The molecule has 0 aliphatic carbocycles. The summed E-state index contributed by atoms with van der Waals surface area (Å²) in [5.41, 5.74) is 1.64. The Bertz CT molecular complexity index is 549. The summed E-state index contributed by atoms with van der Waals surface area (Å²) in [7, 11) is 0. The SMILES string of the molecule is CCN(C(=O)n1ccnc1)c1cc(O)ccc1C. The van der Waals surface area contributed by atoms with Gasteiger partial charge in [0.15, 0.2) is 0 Å².